The first-order chi connectivity index (χ1) is 8.66. The first kappa shape index (κ1) is 56.6. The Hall–Kier alpha value is 4.25. The molecule has 140 valence electrons. The van der Waals surface area contributed by atoms with Crippen LogP contribution in [0.4, 0.5) is 0 Å². The maximum atomic E-state index is 8.58. The molecule has 0 amide bonds. The molecule has 0 aliphatic carbocycles. The van der Waals surface area contributed by atoms with Crippen LogP contribution in [0, 0.1) is 0 Å². The molecule has 0 aromatic rings. The molecule has 4 radical (unpaired) electrons. The quantitative estimate of drug-likeness (QED) is 0.212. The van der Waals surface area contributed by atoms with Gasteiger partial charge in [0.2, 0.25) is 0 Å². The second kappa shape index (κ2) is 50.7. The fourth-order valence-electron chi connectivity index (χ4n) is 0. The van der Waals surface area contributed by atoms with Gasteiger partial charge in [-0.25, -0.2) is 0 Å². The molecular formula is Fe2Mn2O15Ti5. The topological polar surface area (TPSA) is 316 Å². The van der Waals surface area contributed by atoms with Crippen molar-refractivity contribution in [3.05, 3.63) is 0 Å². The molecule has 0 aliphatic rings. The van der Waals surface area contributed by atoms with Gasteiger partial charge in [-0.3, -0.25) is 0 Å². The van der Waals surface area contributed by atoms with Gasteiger partial charge in [0, 0.05) is 0 Å². The normalized spacial score (nSPS) is 5.42. The van der Waals surface area contributed by atoms with Crippen LogP contribution in [-0.2, 0) is 178 Å². The molecule has 0 N–H and O–H groups in total. The van der Waals surface area contributed by atoms with E-state index in [1.807, 2.05) is 0 Å². The third-order valence-corrected chi connectivity index (χ3v) is 0. The summed E-state index contributed by atoms with van der Waals surface area (Å²) in [4.78, 5) is 0. The van der Waals surface area contributed by atoms with Gasteiger partial charge in [-0.15, -0.1) is 0 Å². The van der Waals surface area contributed by atoms with E-state index in [1.165, 1.54) is 0 Å². The Morgan fingerprint density at radius 2 is 0.333 bits per heavy atom. The Kier molecular flexibility index (Phi) is 120. The van der Waals surface area contributed by atoms with Crippen LogP contribution in [0.5, 0.6) is 0 Å². The fraction of sp³-hybridized carbons (Fsp3) is 0. The molecule has 0 fully saturated rings. The zero-order valence-corrected chi connectivity index (χ0v) is 22.5. The molecule has 0 unspecified atom stereocenters. The molecule has 0 saturated carbocycles. The molecule has 24 heavy (non-hydrogen) atoms. The maximum absolute atomic E-state index is 8.58. The molecule has 0 spiro atoms. The van der Waals surface area contributed by atoms with Crippen molar-refractivity contribution in [1.82, 2.24) is 0 Å². The predicted octanol–water partition coefficient (Wildman–Crippen LogP) is -12.5. The molecule has 0 saturated heterocycles. The van der Waals surface area contributed by atoms with Gasteiger partial charge >= 0.3 is 215 Å². The zero-order valence-electron chi connectivity index (χ0n) is 10.1. The Labute approximate surface area is 211 Å². The zero-order chi connectivity index (χ0) is 17.9. The van der Waals surface area contributed by atoms with Gasteiger partial charge in [0.1, 0.15) is 0 Å². The van der Waals surface area contributed by atoms with Crippen LogP contribution in [0.1, 0.15) is 0 Å². The van der Waals surface area contributed by atoms with Crippen LogP contribution in [0.2, 0.25) is 0 Å². The van der Waals surface area contributed by atoms with E-state index in [-0.39, 0.29) is 68.3 Å². The first-order valence-electron chi connectivity index (χ1n) is 3.06. The molecule has 0 aliphatic heterocycles. The first-order valence-corrected chi connectivity index (χ1v) is 12.6. The second-order valence-electron chi connectivity index (χ2n) is 1.25. The van der Waals surface area contributed by atoms with Crippen molar-refractivity contribution >= 4 is 0 Å². The monoisotopic (exact) mass is 701 g/mol. The third-order valence-electron chi connectivity index (χ3n) is 0. The summed E-state index contributed by atoms with van der Waals surface area (Å²) in [5.41, 5.74) is 0. The van der Waals surface area contributed by atoms with E-state index in [0.717, 1.165) is 0 Å². The van der Waals surface area contributed by atoms with Gasteiger partial charge in [0.05, 0.1) is 0 Å². The van der Waals surface area contributed by atoms with Gasteiger partial charge < -0.3 is 0 Å². The molecule has 15 nitrogen and oxygen atoms in total. The SMILES string of the molecule is [Fe+3].[Fe+3].[Mn+2].[Mn+2].[O]=[Ti]([O-])[O-].[O]=[Ti]([O-])[O-].[O]=[Ti]([O-])[O-].[O]=[Ti]([O-])[O-].[O]=[Ti]([O-])[O-]. The molecule has 0 bridgehead atoms. The van der Waals surface area contributed by atoms with Gasteiger partial charge in [0.15, 0.2) is 0 Å². The summed E-state index contributed by atoms with van der Waals surface area (Å²) in [5.74, 6) is 0. The van der Waals surface area contributed by atoms with Crippen LogP contribution in [0.3, 0.4) is 0 Å². The number of hydrogen-bond donors (Lipinski definition) is 0. The van der Waals surface area contributed by atoms with Crippen LogP contribution in [-0.4, -0.2) is 0 Å². The van der Waals surface area contributed by atoms with Crippen molar-refractivity contribution < 1.29 is 215 Å². The van der Waals surface area contributed by atoms with E-state index in [9.17, 15) is 0 Å². The molecule has 0 rings (SSSR count). The van der Waals surface area contributed by atoms with Crippen molar-refractivity contribution in [2.45, 2.75) is 0 Å². The Balaban J connectivity index is -0.0000000161. The summed E-state index contributed by atoms with van der Waals surface area (Å²) in [6, 6.07) is 0. The third kappa shape index (κ3) is 927. The van der Waals surface area contributed by atoms with Gasteiger partial charge in [-0.05, 0) is 0 Å². The van der Waals surface area contributed by atoms with Crippen LogP contribution < -0.4 is 36.9 Å². The van der Waals surface area contributed by atoms with Crippen molar-refractivity contribution in [3.8, 4) is 0 Å². The molecule has 0 aromatic carbocycles. The summed E-state index contributed by atoms with van der Waals surface area (Å²) in [7, 11) is 0. The van der Waals surface area contributed by atoms with Crippen molar-refractivity contribution in [2.75, 3.05) is 0 Å². The summed E-state index contributed by atoms with van der Waals surface area (Å²) < 4.78 is 129. The van der Waals surface area contributed by atoms with Gasteiger partial charge in [-0.1, -0.05) is 0 Å². The summed E-state index contributed by atoms with van der Waals surface area (Å²) in [5, 5.41) is 0. The molecular weight excluding hydrogens is 701 g/mol. The average Bonchev–Trinajstić information content (AvgIpc) is 1.94. The van der Waals surface area contributed by atoms with E-state index >= 15 is 0 Å². The standard InChI is InChI=1S/2Fe.2Mn.15O.5Ti/q2*+3;2*+2;;;;;;10*-1;;;;;. The fourth-order valence-corrected chi connectivity index (χ4v) is 0. The Bertz CT molecular complexity index is 221. The average molecular weight is 701 g/mol. The van der Waals surface area contributed by atoms with E-state index in [2.05, 4.69) is 0 Å². The number of rotatable bonds is 0. The van der Waals surface area contributed by atoms with Crippen molar-refractivity contribution in [1.29, 1.82) is 0 Å². The Morgan fingerprint density at radius 3 is 0.333 bits per heavy atom. The van der Waals surface area contributed by atoms with Gasteiger partial charge in [-0.2, -0.15) is 0 Å². The Morgan fingerprint density at radius 1 is 0.333 bits per heavy atom. The summed E-state index contributed by atoms with van der Waals surface area (Å²) in [6.45, 7) is 0. The minimum atomic E-state index is -4.08. The molecule has 0 atom stereocenters. The van der Waals surface area contributed by atoms with E-state index in [0.29, 0.717) is 0 Å². The van der Waals surface area contributed by atoms with E-state index in [1.54, 1.807) is 0 Å². The predicted molar refractivity (Wildman–Crippen MR) is 3.43 cm³/mol. The second-order valence-corrected chi connectivity index (χ2v) is 5.15. The van der Waals surface area contributed by atoms with E-state index < -0.39 is 93.1 Å². The van der Waals surface area contributed by atoms with Crippen LogP contribution in [0.25, 0.3) is 0 Å². The van der Waals surface area contributed by atoms with Crippen LogP contribution >= 0.6 is 0 Å². The minimum absolute atomic E-state index is 0. The van der Waals surface area contributed by atoms with Crippen molar-refractivity contribution in [2.24, 2.45) is 0 Å². The molecule has 24 heteroatoms. The van der Waals surface area contributed by atoms with E-state index in [4.69, 9.17) is 53.5 Å². The number of hydrogen-bond acceptors (Lipinski definition) is 15. The summed E-state index contributed by atoms with van der Waals surface area (Å²) >= 11 is -20.4. The molecule has 0 aromatic heterocycles. The molecule has 0 heterocycles. The van der Waals surface area contributed by atoms with Crippen molar-refractivity contribution in [3.63, 3.8) is 0 Å². The van der Waals surface area contributed by atoms with Gasteiger partial charge in [0.25, 0.3) is 0 Å². The summed E-state index contributed by atoms with van der Waals surface area (Å²) in [6.07, 6.45) is 0. The van der Waals surface area contributed by atoms with Crippen LogP contribution in [0.15, 0.2) is 0 Å².